The van der Waals surface area contributed by atoms with Crippen molar-refractivity contribution in [2.24, 2.45) is 0 Å². The van der Waals surface area contributed by atoms with E-state index in [0.29, 0.717) is 12.1 Å². The largest absolute Gasteiger partial charge is 0.465 e. The first kappa shape index (κ1) is 24.4. The highest BCUT2D eigenvalue weighted by molar-refractivity contribution is 7.14. The minimum Gasteiger partial charge on any atom is -0.465 e. The molecule has 1 atom stereocenters. The monoisotopic (exact) mass is 453 g/mol. The number of nitrogens with one attached hydrogen (secondary N) is 2. The Morgan fingerprint density at radius 1 is 1.16 bits per heavy atom. The molecule has 2 aromatic rings. The van der Waals surface area contributed by atoms with Gasteiger partial charge in [-0.15, -0.1) is 11.3 Å². The quantitative estimate of drug-likeness (QED) is 0.568. The molecule has 0 saturated heterocycles. The van der Waals surface area contributed by atoms with Crippen LogP contribution in [0.25, 0.3) is 0 Å². The summed E-state index contributed by atoms with van der Waals surface area (Å²) in [6.45, 7) is 7.02. The molecule has 0 saturated carbocycles. The SMILES string of the molecule is CCOC(=O)C(C)(C)c1csc(NC(=O)C(CC)NC(=O)Cc2cc(F)cc(F)c2)n1. The van der Waals surface area contributed by atoms with Crippen LogP contribution in [0.2, 0.25) is 0 Å². The van der Waals surface area contributed by atoms with Crippen molar-refractivity contribution in [3.05, 3.63) is 46.5 Å². The molecule has 10 heteroatoms. The summed E-state index contributed by atoms with van der Waals surface area (Å²) >= 11 is 1.15. The van der Waals surface area contributed by atoms with Crippen molar-refractivity contribution < 1.29 is 27.9 Å². The van der Waals surface area contributed by atoms with E-state index in [1.807, 2.05) is 0 Å². The zero-order chi connectivity index (χ0) is 23.2. The van der Waals surface area contributed by atoms with Gasteiger partial charge in [-0.05, 0) is 44.9 Å². The van der Waals surface area contributed by atoms with Crippen molar-refractivity contribution >= 4 is 34.3 Å². The van der Waals surface area contributed by atoms with Gasteiger partial charge in [0.25, 0.3) is 0 Å². The number of aromatic nitrogens is 1. The summed E-state index contributed by atoms with van der Waals surface area (Å²) in [5.74, 6) is -3.02. The number of amides is 2. The van der Waals surface area contributed by atoms with Crippen LogP contribution in [-0.2, 0) is 31.0 Å². The van der Waals surface area contributed by atoms with Crippen molar-refractivity contribution in [1.82, 2.24) is 10.3 Å². The maximum Gasteiger partial charge on any atom is 0.317 e. The summed E-state index contributed by atoms with van der Waals surface area (Å²) in [5, 5.41) is 7.11. The Balaban J connectivity index is 2.01. The van der Waals surface area contributed by atoms with Gasteiger partial charge in [-0.3, -0.25) is 14.4 Å². The molecule has 31 heavy (non-hydrogen) atoms. The second kappa shape index (κ2) is 10.4. The van der Waals surface area contributed by atoms with E-state index in [9.17, 15) is 23.2 Å². The fourth-order valence-electron chi connectivity index (χ4n) is 2.72. The van der Waals surface area contributed by atoms with Gasteiger partial charge in [-0.25, -0.2) is 13.8 Å². The Labute approximate surface area is 183 Å². The van der Waals surface area contributed by atoms with Crippen molar-refractivity contribution in [1.29, 1.82) is 0 Å². The van der Waals surface area contributed by atoms with Gasteiger partial charge in [0.15, 0.2) is 5.13 Å². The summed E-state index contributed by atoms with van der Waals surface area (Å²) in [7, 11) is 0. The van der Waals surface area contributed by atoms with Crippen LogP contribution in [0.3, 0.4) is 0 Å². The van der Waals surface area contributed by atoms with E-state index >= 15 is 0 Å². The number of benzene rings is 1. The standard InChI is InChI=1S/C21H25F2N3O4S/c1-5-15(24-17(27)9-12-7-13(22)10-14(23)8-12)18(28)26-20-25-16(11-31-20)21(3,4)19(29)30-6-2/h7-8,10-11,15H,5-6,9H2,1-4H3,(H,24,27)(H,25,26,28). The number of hydrogen-bond acceptors (Lipinski definition) is 6. The molecule has 168 valence electrons. The van der Waals surface area contributed by atoms with Crippen LogP contribution in [0, 0.1) is 11.6 Å². The normalized spacial score (nSPS) is 12.2. The Morgan fingerprint density at radius 3 is 2.39 bits per heavy atom. The second-order valence-electron chi connectivity index (χ2n) is 7.36. The smallest absolute Gasteiger partial charge is 0.317 e. The number of rotatable bonds is 9. The van der Waals surface area contributed by atoms with Crippen molar-refractivity contribution in [3.8, 4) is 0 Å². The Morgan fingerprint density at radius 2 is 1.81 bits per heavy atom. The maximum absolute atomic E-state index is 13.3. The molecule has 0 fully saturated rings. The predicted octanol–water partition coefficient (Wildman–Crippen LogP) is 3.34. The van der Waals surface area contributed by atoms with E-state index in [0.717, 1.165) is 29.5 Å². The number of halogens is 2. The molecule has 0 spiro atoms. The van der Waals surface area contributed by atoms with Gasteiger partial charge >= 0.3 is 5.97 Å². The average molecular weight is 454 g/mol. The molecule has 2 rings (SSSR count). The number of esters is 1. The number of carbonyl (C=O) groups is 3. The molecule has 0 aliphatic carbocycles. The van der Waals surface area contributed by atoms with Gasteiger partial charge < -0.3 is 15.4 Å². The van der Waals surface area contributed by atoms with E-state index in [4.69, 9.17) is 4.74 Å². The zero-order valence-corrected chi connectivity index (χ0v) is 18.6. The number of thiazole rings is 1. The summed E-state index contributed by atoms with van der Waals surface area (Å²) in [6, 6.07) is 1.98. The molecule has 1 aromatic carbocycles. The van der Waals surface area contributed by atoms with Gasteiger partial charge in [0.05, 0.1) is 18.7 Å². The first-order valence-electron chi connectivity index (χ1n) is 9.75. The number of carbonyl (C=O) groups excluding carboxylic acids is 3. The Bertz CT molecular complexity index is 942. The predicted molar refractivity (Wildman–Crippen MR) is 113 cm³/mol. The number of ether oxygens (including phenoxy) is 1. The fraction of sp³-hybridized carbons (Fsp3) is 0.429. The highest BCUT2D eigenvalue weighted by Crippen LogP contribution is 2.28. The van der Waals surface area contributed by atoms with E-state index in [-0.39, 0.29) is 23.7 Å². The Kier molecular flexibility index (Phi) is 8.21. The van der Waals surface area contributed by atoms with Crippen molar-refractivity contribution in [2.75, 3.05) is 11.9 Å². The van der Waals surface area contributed by atoms with Crippen LogP contribution in [-0.4, -0.2) is 35.4 Å². The molecular weight excluding hydrogens is 428 g/mol. The van der Waals surface area contributed by atoms with Gasteiger partial charge in [0.2, 0.25) is 11.8 Å². The minimum atomic E-state index is -0.978. The first-order valence-corrected chi connectivity index (χ1v) is 10.6. The number of nitrogens with zero attached hydrogens (tertiary/aromatic N) is 1. The van der Waals surface area contributed by atoms with Gasteiger partial charge in [0.1, 0.15) is 23.1 Å². The van der Waals surface area contributed by atoms with Crippen LogP contribution in [0.4, 0.5) is 13.9 Å². The molecule has 7 nitrogen and oxygen atoms in total. The van der Waals surface area contributed by atoms with Crippen LogP contribution in [0.1, 0.15) is 45.4 Å². The van der Waals surface area contributed by atoms with E-state index in [1.54, 1.807) is 33.1 Å². The molecule has 2 amide bonds. The topological polar surface area (TPSA) is 97.4 Å². The van der Waals surface area contributed by atoms with Crippen molar-refractivity contribution in [3.63, 3.8) is 0 Å². The molecule has 0 aliphatic rings. The average Bonchev–Trinajstić information content (AvgIpc) is 3.14. The highest BCUT2D eigenvalue weighted by atomic mass is 32.1. The summed E-state index contributed by atoms with van der Waals surface area (Å²) in [6.07, 6.45) is 0.0230. The highest BCUT2D eigenvalue weighted by Gasteiger charge is 2.34. The lowest BCUT2D eigenvalue weighted by Gasteiger charge is -2.19. The molecule has 0 bridgehead atoms. The molecule has 1 heterocycles. The number of hydrogen-bond donors (Lipinski definition) is 2. The lowest BCUT2D eigenvalue weighted by molar-refractivity contribution is -0.148. The third-order valence-corrected chi connectivity index (χ3v) is 5.27. The summed E-state index contributed by atoms with van der Waals surface area (Å²) in [4.78, 5) is 41.2. The fourth-order valence-corrected chi connectivity index (χ4v) is 3.60. The van der Waals surface area contributed by atoms with E-state index in [1.165, 1.54) is 0 Å². The first-order chi connectivity index (χ1) is 14.6. The maximum atomic E-state index is 13.3. The van der Waals surface area contributed by atoms with Gasteiger partial charge in [-0.1, -0.05) is 6.92 Å². The third-order valence-electron chi connectivity index (χ3n) is 4.51. The summed E-state index contributed by atoms with van der Waals surface area (Å²) < 4.78 is 31.6. The molecule has 1 unspecified atom stereocenters. The summed E-state index contributed by atoms with van der Waals surface area (Å²) in [5.41, 5.74) is -0.360. The van der Waals surface area contributed by atoms with E-state index < -0.39 is 40.9 Å². The lowest BCUT2D eigenvalue weighted by Crippen LogP contribution is -2.44. The zero-order valence-electron chi connectivity index (χ0n) is 17.8. The minimum absolute atomic E-state index is 0.163. The van der Waals surface area contributed by atoms with Crippen LogP contribution in [0.5, 0.6) is 0 Å². The van der Waals surface area contributed by atoms with Gasteiger partial charge in [0, 0.05) is 11.4 Å². The van der Waals surface area contributed by atoms with Gasteiger partial charge in [-0.2, -0.15) is 0 Å². The van der Waals surface area contributed by atoms with Crippen LogP contribution in [0.15, 0.2) is 23.6 Å². The molecule has 0 radical (unpaired) electrons. The third kappa shape index (κ3) is 6.55. The van der Waals surface area contributed by atoms with E-state index in [2.05, 4.69) is 15.6 Å². The van der Waals surface area contributed by atoms with Crippen molar-refractivity contribution in [2.45, 2.75) is 52.0 Å². The Hall–Kier alpha value is -2.88. The lowest BCUT2D eigenvalue weighted by atomic mass is 9.90. The van der Waals surface area contributed by atoms with Crippen LogP contribution < -0.4 is 10.6 Å². The second-order valence-corrected chi connectivity index (χ2v) is 8.21. The molecule has 1 aromatic heterocycles. The van der Waals surface area contributed by atoms with Crippen LogP contribution >= 0.6 is 11.3 Å². The molecule has 2 N–H and O–H groups in total. The number of anilines is 1. The molecular formula is C21H25F2N3O4S. The molecule has 0 aliphatic heterocycles.